The third-order valence-corrected chi connectivity index (χ3v) is 4.77. The maximum absolute atomic E-state index is 9.41. The standard InChI is InChI=1S/C19H21N3O/c23-16-7-5-14(6-8-16)12-22-10-2-3-15(13-22)18-11-21-19-17(18)4-1-9-20-19/h1,4-9,11,15,23H,2-3,10,12-13H2,(H,20,21)/t15-/m1/s1. The summed E-state index contributed by atoms with van der Waals surface area (Å²) in [6.45, 7) is 3.15. The number of pyridine rings is 1. The highest BCUT2D eigenvalue weighted by Crippen LogP contribution is 2.32. The van der Waals surface area contributed by atoms with Crippen LogP contribution in [0.5, 0.6) is 5.75 Å². The third-order valence-electron chi connectivity index (χ3n) is 4.77. The Hall–Kier alpha value is -2.33. The van der Waals surface area contributed by atoms with E-state index >= 15 is 0 Å². The molecule has 0 aliphatic carbocycles. The number of benzene rings is 1. The number of likely N-dealkylation sites (tertiary alicyclic amines) is 1. The van der Waals surface area contributed by atoms with Gasteiger partial charge in [0.25, 0.3) is 0 Å². The van der Waals surface area contributed by atoms with Crippen LogP contribution in [-0.4, -0.2) is 33.1 Å². The molecule has 23 heavy (non-hydrogen) atoms. The lowest BCUT2D eigenvalue weighted by molar-refractivity contribution is 0.200. The number of aromatic hydroxyl groups is 1. The zero-order valence-electron chi connectivity index (χ0n) is 13.1. The smallest absolute Gasteiger partial charge is 0.137 e. The Labute approximate surface area is 135 Å². The van der Waals surface area contributed by atoms with Gasteiger partial charge in [-0.05, 0) is 60.7 Å². The minimum absolute atomic E-state index is 0.330. The molecule has 2 N–H and O–H groups in total. The molecule has 3 aromatic rings. The zero-order valence-corrected chi connectivity index (χ0v) is 13.1. The topological polar surface area (TPSA) is 52.1 Å². The van der Waals surface area contributed by atoms with E-state index in [1.165, 1.54) is 29.4 Å². The van der Waals surface area contributed by atoms with Crippen molar-refractivity contribution < 1.29 is 5.11 Å². The highest BCUT2D eigenvalue weighted by atomic mass is 16.3. The van der Waals surface area contributed by atoms with Crippen molar-refractivity contribution in [2.24, 2.45) is 0 Å². The van der Waals surface area contributed by atoms with Crippen LogP contribution in [0, 0.1) is 0 Å². The lowest BCUT2D eigenvalue weighted by Crippen LogP contribution is -2.33. The zero-order chi connectivity index (χ0) is 15.6. The van der Waals surface area contributed by atoms with Crippen molar-refractivity contribution in [1.82, 2.24) is 14.9 Å². The summed E-state index contributed by atoms with van der Waals surface area (Å²) in [6, 6.07) is 11.7. The molecule has 0 radical (unpaired) electrons. The summed E-state index contributed by atoms with van der Waals surface area (Å²) in [5.74, 6) is 0.885. The van der Waals surface area contributed by atoms with Gasteiger partial charge < -0.3 is 10.1 Å². The van der Waals surface area contributed by atoms with Gasteiger partial charge in [-0.15, -0.1) is 0 Å². The average molecular weight is 307 g/mol. The largest absolute Gasteiger partial charge is 0.508 e. The minimum atomic E-state index is 0.330. The van der Waals surface area contributed by atoms with E-state index in [2.05, 4.69) is 27.1 Å². The van der Waals surface area contributed by atoms with Crippen molar-refractivity contribution in [3.8, 4) is 5.75 Å². The van der Waals surface area contributed by atoms with E-state index in [9.17, 15) is 5.11 Å². The second-order valence-electron chi connectivity index (χ2n) is 6.38. The van der Waals surface area contributed by atoms with Gasteiger partial charge >= 0.3 is 0 Å². The molecule has 0 bridgehead atoms. The molecule has 1 atom stereocenters. The number of phenolic OH excluding ortho intramolecular Hbond substituents is 1. The number of hydrogen-bond acceptors (Lipinski definition) is 3. The SMILES string of the molecule is Oc1ccc(CN2CCC[C@@H](c3c[nH]c4ncccc34)C2)cc1. The third kappa shape index (κ3) is 2.94. The number of aromatic amines is 1. The van der Waals surface area contributed by atoms with Gasteiger partial charge in [0.2, 0.25) is 0 Å². The van der Waals surface area contributed by atoms with Gasteiger partial charge in [-0.1, -0.05) is 12.1 Å². The summed E-state index contributed by atoms with van der Waals surface area (Å²) < 4.78 is 0. The molecule has 2 aromatic heterocycles. The first-order valence-corrected chi connectivity index (χ1v) is 8.22. The van der Waals surface area contributed by atoms with E-state index < -0.39 is 0 Å². The van der Waals surface area contributed by atoms with Crippen LogP contribution >= 0.6 is 0 Å². The highest BCUT2D eigenvalue weighted by molar-refractivity contribution is 5.80. The fraction of sp³-hybridized carbons (Fsp3) is 0.316. The van der Waals surface area contributed by atoms with Crippen molar-refractivity contribution >= 4 is 11.0 Å². The van der Waals surface area contributed by atoms with Crippen LogP contribution in [0.2, 0.25) is 0 Å². The Balaban J connectivity index is 1.51. The number of nitrogens with zero attached hydrogens (tertiary/aromatic N) is 2. The Morgan fingerprint density at radius 2 is 2.09 bits per heavy atom. The average Bonchev–Trinajstić information content (AvgIpc) is 3.01. The molecule has 0 saturated carbocycles. The van der Waals surface area contributed by atoms with Gasteiger partial charge in [-0.3, -0.25) is 4.90 Å². The molecule has 3 heterocycles. The molecular weight excluding hydrogens is 286 g/mol. The first-order chi connectivity index (χ1) is 11.3. The molecule has 1 aromatic carbocycles. The summed E-state index contributed by atoms with van der Waals surface area (Å²) in [5.41, 5.74) is 3.63. The molecule has 0 spiro atoms. The molecule has 0 amide bonds. The predicted molar refractivity (Wildman–Crippen MR) is 91.5 cm³/mol. The van der Waals surface area contributed by atoms with Crippen LogP contribution in [0.15, 0.2) is 48.8 Å². The van der Waals surface area contributed by atoms with E-state index in [1.54, 1.807) is 12.1 Å². The van der Waals surface area contributed by atoms with Gasteiger partial charge in [0.1, 0.15) is 11.4 Å². The minimum Gasteiger partial charge on any atom is -0.508 e. The number of H-pyrrole nitrogens is 1. The lowest BCUT2D eigenvalue weighted by Gasteiger charge is -2.32. The van der Waals surface area contributed by atoms with E-state index in [1.807, 2.05) is 24.4 Å². The van der Waals surface area contributed by atoms with E-state index in [0.717, 1.165) is 25.3 Å². The van der Waals surface area contributed by atoms with E-state index in [0.29, 0.717) is 11.7 Å². The van der Waals surface area contributed by atoms with Crippen molar-refractivity contribution in [2.45, 2.75) is 25.3 Å². The second-order valence-corrected chi connectivity index (χ2v) is 6.38. The molecule has 1 aliphatic heterocycles. The molecule has 4 nitrogen and oxygen atoms in total. The Bertz CT molecular complexity index is 794. The molecule has 118 valence electrons. The molecule has 1 aliphatic rings. The first-order valence-electron chi connectivity index (χ1n) is 8.22. The fourth-order valence-corrected chi connectivity index (χ4v) is 3.63. The van der Waals surface area contributed by atoms with Crippen LogP contribution in [0.1, 0.15) is 29.9 Å². The lowest BCUT2D eigenvalue weighted by atomic mass is 9.90. The van der Waals surface area contributed by atoms with Crippen LogP contribution in [-0.2, 0) is 6.54 Å². The van der Waals surface area contributed by atoms with Crippen LogP contribution in [0.25, 0.3) is 11.0 Å². The van der Waals surface area contributed by atoms with Crippen molar-refractivity contribution in [3.63, 3.8) is 0 Å². The summed E-state index contributed by atoms with van der Waals surface area (Å²) in [7, 11) is 0. The number of nitrogens with one attached hydrogen (secondary N) is 1. The van der Waals surface area contributed by atoms with Gasteiger partial charge in [-0.2, -0.15) is 0 Å². The molecule has 4 rings (SSSR count). The maximum Gasteiger partial charge on any atom is 0.137 e. The quantitative estimate of drug-likeness (QED) is 0.776. The van der Waals surface area contributed by atoms with Crippen LogP contribution in [0.3, 0.4) is 0 Å². The van der Waals surface area contributed by atoms with E-state index in [4.69, 9.17) is 0 Å². The first kappa shape index (κ1) is 14.3. The number of rotatable bonds is 3. The van der Waals surface area contributed by atoms with Crippen molar-refractivity contribution in [3.05, 3.63) is 59.9 Å². The normalized spacial score (nSPS) is 19.2. The molecular formula is C19H21N3O. The molecule has 4 heteroatoms. The number of fused-ring (bicyclic) bond motifs is 1. The van der Waals surface area contributed by atoms with Crippen molar-refractivity contribution in [1.29, 1.82) is 0 Å². The molecule has 1 fully saturated rings. The summed E-state index contributed by atoms with van der Waals surface area (Å²) in [4.78, 5) is 10.2. The van der Waals surface area contributed by atoms with Gasteiger partial charge in [0, 0.05) is 30.9 Å². The predicted octanol–water partition coefficient (Wildman–Crippen LogP) is 3.65. The summed E-state index contributed by atoms with van der Waals surface area (Å²) in [5, 5.41) is 10.7. The number of piperidine rings is 1. The number of aromatic nitrogens is 2. The molecule has 1 saturated heterocycles. The van der Waals surface area contributed by atoms with Gasteiger partial charge in [-0.25, -0.2) is 4.98 Å². The molecule has 0 unspecified atom stereocenters. The van der Waals surface area contributed by atoms with Gasteiger partial charge in [0.05, 0.1) is 0 Å². The second kappa shape index (κ2) is 6.05. The van der Waals surface area contributed by atoms with Crippen molar-refractivity contribution in [2.75, 3.05) is 13.1 Å². The number of hydrogen-bond donors (Lipinski definition) is 2. The Kier molecular flexibility index (Phi) is 3.75. The van der Waals surface area contributed by atoms with Crippen LogP contribution in [0.4, 0.5) is 0 Å². The monoisotopic (exact) mass is 307 g/mol. The fourth-order valence-electron chi connectivity index (χ4n) is 3.63. The summed E-state index contributed by atoms with van der Waals surface area (Å²) in [6.07, 6.45) is 6.41. The van der Waals surface area contributed by atoms with E-state index in [-0.39, 0.29) is 0 Å². The van der Waals surface area contributed by atoms with Crippen LogP contribution < -0.4 is 0 Å². The maximum atomic E-state index is 9.41. The highest BCUT2D eigenvalue weighted by Gasteiger charge is 2.23. The summed E-state index contributed by atoms with van der Waals surface area (Å²) >= 11 is 0. The van der Waals surface area contributed by atoms with Gasteiger partial charge in [0.15, 0.2) is 0 Å². The number of phenols is 1. The Morgan fingerprint density at radius 1 is 1.22 bits per heavy atom. The Morgan fingerprint density at radius 3 is 2.96 bits per heavy atom.